The topological polar surface area (TPSA) is 190 Å². The van der Waals surface area contributed by atoms with Gasteiger partial charge in [0, 0.05) is 66.7 Å². The fourth-order valence-corrected chi connectivity index (χ4v) is 8.64. The standard InChI is InChI=1S/C44H47N9O6/c1-5-53-37(21-33(50-53)27-11-12-27)47-41-39-31-18-23(2)30(38-24(3)51-59-25(38)4)20-34(31)46-40(39)48-42(49-41)43(56)45-15-17-58-16-7-9-26-8-6-10-29-32(26)22-52(44(29)57)35-14-13-28(54)19-36(35)55/h6,8,10,18,20-21,27,35H,5,7,9,11-17,19,22H2,1-4H3,(H,45,56)(H2,46,47,48,49). The first-order valence-electron chi connectivity index (χ1n) is 20.5. The number of aryl methyl sites for hydroxylation is 5. The van der Waals surface area contributed by atoms with Gasteiger partial charge in [0.15, 0.2) is 5.78 Å². The van der Waals surface area contributed by atoms with Gasteiger partial charge in [0.05, 0.1) is 35.8 Å². The molecule has 1 unspecified atom stereocenters. The molecule has 59 heavy (non-hydrogen) atoms. The van der Waals surface area contributed by atoms with Crippen LogP contribution in [0, 0.1) is 20.8 Å². The number of amides is 2. The summed E-state index contributed by atoms with van der Waals surface area (Å²) in [5.41, 5.74) is 8.83. The number of anilines is 2. The Labute approximate surface area is 340 Å². The van der Waals surface area contributed by atoms with Crippen molar-refractivity contribution < 1.29 is 28.4 Å². The zero-order valence-electron chi connectivity index (χ0n) is 33.7. The molecule has 5 heterocycles. The lowest BCUT2D eigenvalue weighted by Gasteiger charge is -2.29. The van der Waals surface area contributed by atoms with Crippen LogP contribution in [0.2, 0.25) is 0 Å². The van der Waals surface area contributed by atoms with Gasteiger partial charge in [0.1, 0.15) is 28.8 Å². The number of hydrogen-bond acceptors (Lipinski definition) is 11. The van der Waals surface area contributed by atoms with E-state index in [0.717, 1.165) is 79.9 Å². The number of nitrogens with one attached hydrogen (secondary N) is 3. The van der Waals surface area contributed by atoms with Gasteiger partial charge in [0.25, 0.3) is 11.8 Å². The van der Waals surface area contributed by atoms with Gasteiger partial charge in [-0.25, -0.2) is 14.6 Å². The highest BCUT2D eigenvalue weighted by molar-refractivity contribution is 6.14. The molecule has 2 fully saturated rings. The highest BCUT2D eigenvalue weighted by atomic mass is 16.5. The van der Waals surface area contributed by atoms with Crippen molar-refractivity contribution >= 4 is 57.0 Å². The maximum atomic E-state index is 13.6. The average Bonchev–Trinajstić information content (AvgIpc) is 3.60. The third-order valence-electron chi connectivity index (χ3n) is 11.8. The van der Waals surface area contributed by atoms with Crippen LogP contribution in [0.3, 0.4) is 0 Å². The van der Waals surface area contributed by atoms with E-state index in [2.05, 4.69) is 45.9 Å². The summed E-state index contributed by atoms with van der Waals surface area (Å²) in [5.74, 6) is 1.72. The van der Waals surface area contributed by atoms with Crippen molar-refractivity contribution in [1.29, 1.82) is 0 Å². The molecule has 4 aromatic heterocycles. The molecule has 0 bridgehead atoms. The van der Waals surface area contributed by atoms with Crippen LogP contribution in [-0.4, -0.2) is 84.0 Å². The fourth-order valence-electron chi connectivity index (χ4n) is 8.64. The molecule has 2 saturated carbocycles. The van der Waals surface area contributed by atoms with Crippen LogP contribution in [0.1, 0.15) is 106 Å². The predicted molar refractivity (Wildman–Crippen MR) is 220 cm³/mol. The lowest BCUT2D eigenvalue weighted by Crippen LogP contribution is -2.44. The van der Waals surface area contributed by atoms with Crippen molar-refractivity contribution in [3.8, 4) is 11.1 Å². The normalized spacial score (nSPS) is 16.8. The smallest absolute Gasteiger partial charge is 0.289 e. The van der Waals surface area contributed by atoms with Gasteiger partial charge in [-0.15, -0.1) is 0 Å². The number of rotatable bonds is 14. The largest absolute Gasteiger partial charge is 0.380 e. The Morgan fingerprint density at radius 2 is 1.88 bits per heavy atom. The monoisotopic (exact) mass is 797 g/mol. The lowest BCUT2D eigenvalue weighted by molar-refractivity contribution is -0.133. The molecule has 1 aliphatic heterocycles. The molecule has 15 nitrogen and oxygen atoms in total. The molecular formula is C44H47N9O6. The minimum atomic E-state index is -0.542. The molecule has 9 rings (SSSR count). The second kappa shape index (κ2) is 15.5. The van der Waals surface area contributed by atoms with E-state index < -0.39 is 11.9 Å². The van der Waals surface area contributed by atoms with Crippen molar-refractivity contribution in [2.45, 2.75) is 97.7 Å². The molecule has 1 atom stereocenters. The van der Waals surface area contributed by atoms with Gasteiger partial charge in [-0.2, -0.15) is 5.10 Å². The second-order valence-corrected chi connectivity index (χ2v) is 15.9. The zero-order chi connectivity index (χ0) is 40.9. The van der Waals surface area contributed by atoms with E-state index in [1.807, 2.05) is 43.7 Å². The number of carbonyl (C=O) groups is 4. The number of Topliss-reactive ketones (excluding diaryl/α,β-unsaturated/α-hetero) is 2. The Bertz CT molecular complexity index is 2650. The van der Waals surface area contributed by atoms with E-state index in [1.165, 1.54) is 0 Å². The van der Waals surface area contributed by atoms with E-state index in [1.54, 1.807) is 4.90 Å². The molecule has 304 valence electrons. The second-order valence-electron chi connectivity index (χ2n) is 15.9. The van der Waals surface area contributed by atoms with Crippen LogP contribution in [-0.2, 0) is 33.8 Å². The molecule has 2 amide bonds. The van der Waals surface area contributed by atoms with Crippen LogP contribution in [0.15, 0.2) is 40.9 Å². The van der Waals surface area contributed by atoms with E-state index in [-0.39, 0.29) is 42.9 Å². The summed E-state index contributed by atoms with van der Waals surface area (Å²) in [4.78, 5) is 65.8. The summed E-state index contributed by atoms with van der Waals surface area (Å²) in [7, 11) is 0. The summed E-state index contributed by atoms with van der Waals surface area (Å²) >= 11 is 0. The summed E-state index contributed by atoms with van der Waals surface area (Å²) in [6, 6.07) is 11.4. The van der Waals surface area contributed by atoms with Crippen LogP contribution in [0.25, 0.3) is 33.1 Å². The summed E-state index contributed by atoms with van der Waals surface area (Å²) in [6.07, 6.45) is 4.28. The number of nitrogens with zero attached hydrogens (tertiary/aromatic N) is 6. The molecule has 2 aliphatic carbocycles. The van der Waals surface area contributed by atoms with Crippen molar-refractivity contribution in [2.24, 2.45) is 0 Å². The molecular weight excluding hydrogens is 751 g/mol. The Kier molecular flexibility index (Phi) is 10.1. The molecule has 0 saturated heterocycles. The maximum absolute atomic E-state index is 13.6. The van der Waals surface area contributed by atoms with Gasteiger partial charge in [0.2, 0.25) is 5.82 Å². The first kappa shape index (κ1) is 38.3. The summed E-state index contributed by atoms with van der Waals surface area (Å²) in [5, 5.41) is 17.1. The predicted octanol–water partition coefficient (Wildman–Crippen LogP) is 6.55. The van der Waals surface area contributed by atoms with E-state index in [9.17, 15) is 19.2 Å². The molecule has 3 N–H and O–H groups in total. The number of aromatic amines is 1. The lowest BCUT2D eigenvalue weighted by atomic mass is 9.92. The zero-order valence-corrected chi connectivity index (χ0v) is 33.7. The van der Waals surface area contributed by atoms with Gasteiger partial charge >= 0.3 is 0 Å². The quantitative estimate of drug-likeness (QED) is 0.0800. The van der Waals surface area contributed by atoms with Gasteiger partial charge in [-0.1, -0.05) is 17.3 Å². The van der Waals surface area contributed by atoms with Crippen molar-refractivity contribution in [2.75, 3.05) is 25.1 Å². The summed E-state index contributed by atoms with van der Waals surface area (Å²) in [6.45, 7) is 9.98. The average molecular weight is 798 g/mol. The molecule has 0 spiro atoms. The van der Waals surface area contributed by atoms with Crippen molar-refractivity contribution in [1.82, 2.24) is 40.1 Å². The number of H-pyrrole nitrogens is 1. The van der Waals surface area contributed by atoms with Gasteiger partial charge in [-0.3, -0.25) is 19.2 Å². The van der Waals surface area contributed by atoms with Crippen LogP contribution in [0.5, 0.6) is 0 Å². The van der Waals surface area contributed by atoms with Gasteiger partial charge in [-0.05, 0) is 100 Å². The molecule has 2 aromatic carbocycles. The number of aromatic nitrogens is 6. The van der Waals surface area contributed by atoms with Gasteiger partial charge < -0.3 is 29.8 Å². The Balaban J connectivity index is 0.876. The van der Waals surface area contributed by atoms with E-state index in [0.29, 0.717) is 68.3 Å². The number of ketones is 2. The number of carbonyl (C=O) groups excluding carboxylic acids is 4. The molecule has 6 aromatic rings. The van der Waals surface area contributed by atoms with Crippen molar-refractivity contribution in [3.63, 3.8) is 0 Å². The highest BCUT2D eigenvalue weighted by Crippen LogP contribution is 2.41. The van der Waals surface area contributed by atoms with Crippen LogP contribution in [0.4, 0.5) is 11.6 Å². The minimum Gasteiger partial charge on any atom is -0.380 e. The van der Waals surface area contributed by atoms with Crippen LogP contribution < -0.4 is 10.6 Å². The molecule has 0 radical (unpaired) electrons. The number of benzene rings is 2. The fraction of sp³-hybridized carbons (Fsp3) is 0.409. The summed E-state index contributed by atoms with van der Waals surface area (Å²) < 4.78 is 13.3. The SMILES string of the molecule is CCn1nc(C2CC2)cc1Nc1nc(C(=O)NCCOCCCc2cccc3c2CN(C2CCC(=O)CC2=O)C3=O)nc2[nH]c3cc(-c4c(C)noc4C)c(C)cc3c12. The number of hydrogen-bond donors (Lipinski definition) is 3. The Morgan fingerprint density at radius 1 is 1.03 bits per heavy atom. The van der Waals surface area contributed by atoms with E-state index in [4.69, 9.17) is 24.3 Å². The Morgan fingerprint density at radius 3 is 2.64 bits per heavy atom. The third kappa shape index (κ3) is 7.28. The molecule has 3 aliphatic rings. The van der Waals surface area contributed by atoms with Crippen molar-refractivity contribution in [3.05, 3.63) is 81.6 Å². The van der Waals surface area contributed by atoms with E-state index >= 15 is 0 Å². The Hall–Kier alpha value is -6.22. The third-order valence-corrected chi connectivity index (χ3v) is 11.8. The highest BCUT2D eigenvalue weighted by Gasteiger charge is 2.39. The van der Waals surface area contributed by atoms with Crippen LogP contribution >= 0.6 is 0 Å². The minimum absolute atomic E-state index is 0.0160. The maximum Gasteiger partial charge on any atom is 0.289 e. The number of ether oxygens (including phenoxy) is 1. The number of fused-ring (bicyclic) bond motifs is 4. The molecule has 15 heteroatoms. The first-order chi connectivity index (χ1) is 28.6. The first-order valence-corrected chi connectivity index (χ1v) is 20.5.